The van der Waals surface area contributed by atoms with Crippen LogP contribution in [0.25, 0.3) is 33.8 Å². The van der Waals surface area contributed by atoms with E-state index < -0.39 is 12.2 Å². The topological polar surface area (TPSA) is 66.2 Å². The standard InChI is InChI=1S/C24H19N2.C8H18O2.Ir/c1-17-8-12-20(13-9-17)23-24(21-14-10-18(2)11-15-21)26-22(16-25-23)19-6-4-3-5-7-19;1-6(9)5-7(10)8(2,3)4;/h3-12,14-16H,1-2H3;6-7,9-10H,5H2,1-4H3;/q-1;;. The Balaban J connectivity index is 0.000000376. The van der Waals surface area contributed by atoms with E-state index in [1.54, 1.807) is 6.92 Å². The summed E-state index contributed by atoms with van der Waals surface area (Å²) in [5.41, 5.74) is 7.98. The Labute approximate surface area is 235 Å². The van der Waals surface area contributed by atoms with Crippen molar-refractivity contribution in [1.29, 1.82) is 0 Å². The molecule has 0 amide bonds. The number of aromatic nitrogens is 2. The van der Waals surface area contributed by atoms with Crippen LogP contribution in [-0.4, -0.2) is 32.4 Å². The van der Waals surface area contributed by atoms with Gasteiger partial charge in [0.25, 0.3) is 0 Å². The molecule has 197 valence electrons. The van der Waals surface area contributed by atoms with Gasteiger partial charge in [-0.1, -0.05) is 87.9 Å². The molecule has 4 rings (SSSR count). The van der Waals surface area contributed by atoms with Crippen LogP contribution >= 0.6 is 0 Å². The number of aryl methyl sites for hydroxylation is 2. The van der Waals surface area contributed by atoms with Crippen LogP contribution < -0.4 is 0 Å². The molecule has 4 nitrogen and oxygen atoms in total. The van der Waals surface area contributed by atoms with Crippen molar-refractivity contribution in [2.75, 3.05) is 0 Å². The molecule has 37 heavy (non-hydrogen) atoms. The predicted octanol–water partition coefficient (Wildman–Crippen LogP) is 7.06. The third kappa shape index (κ3) is 8.98. The summed E-state index contributed by atoms with van der Waals surface area (Å²) in [6.45, 7) is 11.7. The second-order valence-electron chi connectivity index (χ2n) is 10.4. The summed E-state index contributed by atoms with van der Waals surface area (Å²) in [5, 5.41) is 18.3. The second-order valence-corrected chi connectivity index (χ2v) is 10.4. The van der Waals surface area contributed by atoms with Crippen LogP contribution in [-0.2, 0) is 20.1 Å². The number of hydrogen-bond donors (Lipinski definition) is 2. The molecule has 0 fully saturated rings. The molecule has 0 aliphatic carbocycles. The number of aliphatic hydroxyl groups excluding tert-OH is 2. The zero-order chi connectivity index (χ0) is 26.3. The number of rotatable bonds is 5. The van der Waals surface area contributed by atoms with Crippen molar-refractivity contribution in [1.82, 2.24) is 9.97 Å². The van der Waals surface area contributed by atoms with Gasteiger partial charge in [0, 0.05) is 37.6 Å². The minimum Gasteiger partial charge on any atom is -0.393 e. The Hall–Kier alpha value is -2.69. The van der Waals surface area contributed by atoms with E-state index in [0.717, 1.165) is 33.8 Å². The van der Waals surface area contributed by atoms with Crippen molar-refractivity contribution >= 4 is 0 Å². The molecule has 0 aliphatic heterocycles. The minimum absolute atomic E-state index is 0. The first kappa shape index (κ1) is 30.5. The predicted molar refractivity (Wildman–Crippen MR) is 148 cm³/mol. The fourth-order valence-electron chi connectivity index (χ4n) is 3.57. The third-order valence-corrected chi connectivity index (χ3v) is 5.95. The van der Waals surface area contributed by atoms with Gasteiger partial charge in [0.2, 0.25) is 0 Å². The van der Waals surface area contributed by atoms with Crippen molar-refractivity contribution in [2.45, 2.75) is 60.2 Å². The van der Waals surface area contributed by atoms with E-state index >= 15 is 0 Å². The van der Waals surface area contributed by atoms with Crippen molar-refractivity contribution in [2.24, 2.45) is 5.41 Å². The van der Waals surface area contributed by atoms with Crippen LogP contribution in [0.5, 0.6) is 0 Å². The van der Waals surface area contributed by atoms with Gasteiger partial charge < -0.3 is 15.2 Å². The van der Waals surface area contributed by atoms with Crippen LogP contribution in [0, 0.1) is 25.3 Å². The Morgan fingerprint density at radius 2 is 1.43 bits per heavy atom. The zero-order valence-electron chi connectivity index (χ0n) is 22.5. The fourth-order valence-corrected chi connectivity index (χ4v) is 3.57. The summed E-state index contributed by atoms with van der Waals surface area (Å²) < 4.78 is 0. The maximum atomic E-state index is 9.40. The van der Waals surface area contributed by atoms with Crippen LogP contribution in [0.4, 0.5) is 0 Å². The van der Waals surface area contributed by atoms with E-state index in [2.05, 4.69) is 68.4 Å². The molecule has 5 heteroatoms. The smallest absolute Gasteiger partial charge is 0.0873 e. The third-order valence-electron chi connectivity index (χ3n) is 5.95. The molecule has 0 spiro atoms. The average Bonchev–Trinajstić information content (AvgIpc) is 2.85. The monoisotopic (exact) mass is 674 g/mol. The maximum absolute atomic E-state index is 9.40. The van der Waals surface area contributed by atoms with E-state index in [1.165, 1.54) is 11.1 Å². The molecule has 0 bridgehead atoms. The Morgan fingerprint density at radius 3 is 1.95 bits per heavy atom. The van der Waals surface area contributed by atoms with Crippen molar-refractivity contribution < 1.29 is 30.3 Å². The largest absolute Gasteiger partial charge is 0.393 e. The van der Waals surface area contributed by atoms with Gasteiger partial charge in [-0.15, -0.1) is 35.4 Å². The molecule has 2 atom stereocenters. The van der Waals surface area contributed by atoms with Gasteiger partial charge in [-0.05, 0) is 31.2 Å². The van der Waals surface area contributed by atoms with Gasteiger partial charge in [0.05, 0.1) is 23.6 Å². The van der Waals surface area contributed by atoms with E-state index in [9.17, 15) is 5.11 Å². The number of aliphatic hydroxyl groups is 2. The van der Waals surface area contributed by atoms with Crippen molar-refractivity contribution in [3.63, 3.8) is 0 Å². The first-order valence-corrected chi connectivity index (χ1v) is 12.4. The molecule has 1 radical (unpaired) electrons. The van der Waals surface area contributed by atoms with Gasteiger partial charge in [-0.3, -0.25) is 4.98 Å². The molecule has 0 saturated heterocycles. The summed E-state index contributed by atoms with van der Waals surface area (Å²) in [6.07, 6.45) is 1.49. The summed E-state index contributed by atoms with van der Waals surface area (Å²) in [5.74, 6) is 0. The van der Waals surface area contributed by atoms with Crippen LogP contribution in [0.15, 0.2) is 79.0 Å². The van der Waals surface area contributed by atoms with Gasteiger partial charge in [-0.25, -0.2) is 0 Å². The summed E-state index contributed by atoms with van der Waals surface area (Å²) >= 11 is 0. The van der Waals surface area contributed by atoms with Gasteiger partial charge >= 0.3 is 0 Å². The fraction of sp³-hybridized carbons (Fsp3) is 0.312. The summed E-state index contributed by atoms with van der Waals surface area (Å²) in [7, 11) is 0. The number of hydrogen-bond acceptors (Lipinski definition) is 4. The first-order valence-electron chi connectivity index (χ1n) is 12.4. The number of nitrogens with zero attached hydrogens (tertiary/aromatic N) is 2. The SMILES string of the molecule is CC(O)CC(O)C(C)(C)C.Cc1c[c-]c(-c2ncc(-c3ccccc3)nc2-c2ccc(C)cc2)cc1.[Ir]. The Morgan fingerprint density at radius 1 is 0.811 bits per heavy atom. The van der Waals surface area contributed by atoms with Crippen LogP contribution in [0.1, 0.15) is 45.2 Å². The molecule has 2 N–H and O–H groups in total. The van der Waals surface area contributed by atoms with Gasteiger partial charge in [-0.2, -0.15) is 0 Å². The average molecular weight is 674 g/mol. The van der Waals surface area contributed by atoms with Gasteiger partial charge in [0.1, 0.15) is 0 Å². The second kappa shape index (κ2) is 13.7. The van der Waals surface area contributed by atoms with Crippen LogP contribution in [0.3, 0.4) is 0 Å². The molecule has 1 aromatic heterocycles. The van der Waals surface area contributed by atoms with Crippen LogP contribution in [0.2, 0.25) is 0 Å². The maximum Gasteiger partial charge on any atom is 0.0873 e. The molecular weight excluding hydrogens is 637 g/mol. The quantitative estimate of drug-likeness (QED) is 0.223. The summed E-state index contributed by atoms with van der Waals surface area (Å²) in [6, 6.07) is 28.0. The molecule has 0 aliphatic rings. The van der Waals surface area contributed by atoms with E-state index in [1.807, 2.05) is 51.2 Å². The normalized spacial score (nSPS) is 12.5. The van der Waals surface area contributed by atoms with Crippen molar-refractivity contribution in [3.05, 3.63) is 96.2 Å². The molecular formula is C32H37IrN2O2-. The molecule has 4 aromatic rings. The van der Waals surface area contributed by atoms with E-state index in [0.29, 0.717) is 6.42 Å². The molecule has 3 aromatic carbocycles. The Bertz CT molecular complexity index is 1230. The molecule has 2 unspecified atom stereocenters. The van der Waals surface area contributed by atoms with Crippen molar-refractivity contribution in [3.8, 4) is 33.8 Å². The minimum atomic E-state index is -0.410. The zero-order valence-corrected chi connectivity index (χ0v) is 24.9. The Kier molecular flexibility index (Phi) is 11.3. The van der Waals surface area contributed by atoms with E-state index in [4.69, 9.17) is 15.1 Å². The number of benzene rings is 3. The van der Waals surface area contributed by atoms with E-state index in [-0.39, 0.29) is 25.5 Å². The summed E-state index contributed by atoms with van der Waals surface area (Å²) in [4.78, 5) is 9.72. The van der Waals surface area contributed by atoms with Gasteiger partial charge in [0.15, 0.2) is 0 Å². The molecule has 0 saturated carbocycles. The molecule has 1 heterocycles. The first-order chi connectivity index (χ1) is 17.0.